The van der Waals surface area contributed by atoms with Gasteiger partial charge in [-0.1, -0.05) is 0 Å². The molecular weight excluding hydrogens is 228 g/mol. The molecule has 0 aromatic heterocycles. The lowest BCUT2D eigenvalue weighted by molar-refractivity contribution is 0.145. The Kier molecular flexibility index (Phi) is 3.78. The molecule has 1 aromatic rings. The van der Waals surface area contributed by atoms with Gasteiger partial charge in [-0.25, -0.2) is 8.78 Å². The number of alkyl halides is 2. The van der Waals surface area contributed by atoms with Crippen LogP contribution in [0.5, 0.6) is 11.5 Å². The number of halogens is 2. The fourth-order valence-electron chi connectivity index (χ4n) is 1.83. The van der Waals surface area contributed by atoms with Crippen LogP contribution in [0.1, 0.15) is 17.6 Å². The first-order valence-electron chi connectivity index (χ1n) is 5.57. The van der Waals surface area contributed by atoms with E-state index in [0.29, 0.717) is 43.2 Å². The molecule has 0 saturated heterocycles. The number of ether oxygens (including phenoxy) is 2. The Hall–Kier alpha value is -1.36. The van der Waals surface area contributed by atoms with Crippen LogP contribution in [-0.4, -0.2) is 26.8 Å². The average molecular weight is 243 g/mol. The van der Waals surface area contributed by atoms with Crippen molar-refractivity contribution in [2.75, 3.05) is 26.8 Å². The summed E-state index contributed by atoms with van der Waals surface area (Å²) in [5.41, 5.74) is 0.642. The van der Waals surface area contributed by atoms with Crippen LogP contribution in [0.2, 0.25) is 0 Å². The molecule has 0 bridgehead atoms. The lowest BCUT2D eigenvalue weighted by Gasteiger charge is -2.21. The van der Waals surface area contributed by atoms with Gasteiger partial charge in [0.2, 0.25) is 0 Å². The number of benzene rings is 1. The summed E-state index contributed by atoms with van der Waals surface area (Å²) >= 11 is 0. The van der Waals surface area contributed by atoms with Gasteiger partial charge in [-0.15, -0.1) is 0 Å². The molecule has 2 rings (SSSR count). The SMILES string of the molecule is CNCCc1cc2c(cc1C(F)F)OCCO2. The van der Waals surface area contributed by atoms with Crippen LogP contribution in [0.4, 0.5) is 8.78 Å². The molecule has 5 heteroatoms. The van der Waals surface area contributed by atoms with Gasteiger partial charge in [-0.05, 0) is 37.7 Å². The van der Waals surface area contributed by atoms with Crippen LogP contribution in [0.3, 0.4) is 0 Å². The summed E-state index contributed by atoms with van der Waals surface area (Å²) in [6, 6.07) is 3.05. The second-order valence-electron chi connectivity index (χ2n) is 3.85. The fraction of sp³-hybridized carbons (Fsp3) is 0.500. The highest BCUT2D eigenvalue weighted by Gasteiger charge is 2.20. The van der Waals surface area contributed by atoms with E-state index in [1.165, 1.54) is 6.07 Å². The predicted molar refractivity (Wildman–Crippen MR) is 60.0 cm³/mol. The minimum atomic E-state index is -2.49. The van der Waals surface area contributed by atoms with Gasteiger partial charge >= 0.3 is 0 Å². The molecule has 1 aromatic carbocycles. The minimum absolute atomic E-state index is 0.0319. The Morgan fingerprint density at radius 3 is 2.47 bits per heavy atom. The maximum atomic E-state index is 12.9. The van der Waals surface area contributed by atoms with Gasteiger partial charge in [-0.2, -0.15) is 0 Å². The normalized spacial score (nSPS) is 14.1. The number of likely N-dealkylation sites (N-methyl/N-ethyl adjacent to an activating group) is 1. The lowest BCUT2D eigenvalue weighted by Crippen LogP contribution is -2.17. The van der Waals surface area contributed by atoms with E-state index in [-0.39, 0.29) is 5.56 Å². The number of nitrogens with one attached hydrogen (secondary N) is 1. The third kappa shape index (κ3) is 2.66. The largest absolute Gasteiger partial charge is 0.486 e. The molecule has 0 amide bonds. The minimum Gasteiger partial charge on any atom is -0.486 e. The Morgan fingerprint density at radius 2 is 1.88 bits per heavy atom. The number of hydrogen-bond donors (Lipinski definition) is 1. The summed E-state index contributed by atoms with van der Waals surface area (Å²) in [5, 5.41) is 2.95. The number of fused-ring (bicyclic) bond motifs is 1. The number of rotatable bonds is 4. The molecule has 0 fully saturated rings. The topological polar surface area (TPSA) is 30.5 Å². The second-order valence-corrected chi connectivity index (χ2v) is 3.85. The highest BCUT2D eigenvalue weighted by molar-refractivity contribution is 5.48. The number of hydrogen-bond acceptors (Lipinski definition) is 3. The quantitative estimate of drug-likeness (QED) is 0.879. The smallest absolute Gasteiger partial charge is 0.264 e. The zero-order valence-corrected chi connectivity index (χ0v) is 9.63. The Bertz CT molecular complexity index is 396. The van der Waals surface area contributed by atoms with Crippen LogP contribution < -0.4 is 14.8 Å². The molecule has 1 heterocycles. The van der Waals surface area contributed by atoms with Gasteiger partial charge in [0.25, 0.3) is 6.43 Å². The molecule has 1 N–H and O–H groups in total. The van der Waals surface area contributed by atoms with Crippen molar-refractivity contribution in [3.05, 3.63) is 23.3 Å². The molecule has 0 radical (unpaired) electrons. The van der Waals surface area contributed by atoms with Crippen molar-refractivity contribution in [1.82, 2.24) is 5.32 Å². The van der Waals surface area contributed by atoms with Crippen LogP contribution in [0.25, 0.3) is 0 Å². The molecule has 0 unspecified atom stereocenters. The summed E-state index contributed by atoms with van der Waals surface area (Å²) in [6.45, 7) is 1.53. The van der Waals surface area contributed by atoms with Crippen LogP contribution in [0.15, 0.2) is 12.1 Å². The predicted octanol–water partition coefficient (Wildman–Crippen LogP) is 2.16. The molecule has 3 nitrogen and oxygen atoms in total. The highest BCUT2D eigenvalue weighted by Crippen LogP contribution is 2.36. The lowest BCUT2D eigenvalue weighted by atomic mass is 10.0. The van der Waals surface area contributed by atoms with Crippen molar-refractivity contribution < 1.29 is 18.3 Å². The molecule has 1 aliphatic heterocycles. The zero-order valence-electron chi connectivity index (χ0n) is 9.63. The van der Waals surface area contributed by atoms with Gasteiger partial charge in [0, 0.05) is 5.56 Å². The van der Waals surface area contributed by atoms with E-state index in [9.17, 15) is 8.78 Å². The van der Waals surface area contributed by atoms with Crippen LogP contribution in [-0.2, 0) is 6.42 Å². The monoisotopic (exact) mass is 243 g/mol. The summed E-state index contributed by atoms with van der Waals surface area (Å²) in [5.74, 6) is 0.978. The Morgan fingerprint density at radius 1 is 1.24 bits per heavy atom. The van der Waals surface area contributed by atoms with Crippen molar-refractivity contribution in [2.24, 2.45) is 0 Å². The van der Waals surface area contributed by atoms with Crippen molar-refractivity contribution in [1.29, 1.82) is 0 Å². The molecule has 0 atom stereocenters. The summed E-state index contributed by atoms with van der Waals surface area (Å²) in [7, 11) is 1.79. The van der Waals surface area contributed by atoms with Crippen molar-refractivity contribution in [2.45, 2.75) is 12.8 Å². The molecule has 94 valence electrons. The zero-order chi connectivity index (χ0) is 12.3. The molecule has 17 heavy (non-hydrogen) atoms. The fourth-order valence-corrected chi connectivity index (χ4v) is 1.83. The van der Waals surface area contributed by atoms with E-state index in [2.05, 4.69) is 5.32 Å². The van der Waals surface area contributed by atoms with Gasteiger partial charge in [0.05, 0.1) is 0 Å². The highest BCUT2D eigenvalue weighted by atomic mass is 19.3. The van der Waals surface area contributed by atoms with E-state index in [0.717, 1.165) is 0 Å². The maximum Gasteiger partial charge on any atom is 0.264 e. The van der Waals surface area contributed by atoms with E-state index >= 15 is 0 Å². The maximum absolute atomic E-state index is 12.9. The van der Waals surface area contributed by atoms with Gasteiger partial charge in [0.1, 0.15) is 13.2 Å². The van der Waals surface area contributed by atoms with Crippen molar-refractivity contribution >= 4 is 0 Å². The van der Waals surface area contributed by atoms with Crippen molar-refractivity contribution in [3.63, 3.8) is 0 Å². The second kappa shape index (κ2) is 5.31. The van der Waals surface area contributed by atoms with Gasteiger partial charge in [0.15, 0.2) is 11.5 Å². The molecule has 1 aliphatic rings. The van der Waals surface area contributed by atoms with E-state index < -0.39 is 6.43 Å². The third-order valence-corrected chi connectivity index (χ3v) is 2.68. The average Bonchev–Trinajstić information content (AvgIpc) is 2.35. The first kappa shape index (κ1) is 12.1. The summed E-state index contributed by atoms with van der Waals surface area (Å²) in [4.78, 5) is 0. The first-order valence-corrected chi connectivity index (χ1v) is 5.57. The Balaban J connectivity index is 2.33. The standard InChI is InChI=1S/C12H15F2NO2/c1-15-3-2-8-6-10-11(17-5-4-16-10)7-9(8)12(13)14/h6-7,12,15H,2-5H2,1H3. The Labute approximate surface area is 98.7 Å². The molecular formula is C12H15F2NO2. The first-order chi connectivity index (χ1) is 8.22. The van der Waals surface area contributed by atoms with Crippen LogP contribution >= 0.6 is 0 Å². The molecule has 0 spiro atoms. The van der Waals surface area contributed by atoms with E-state index in [4.69, 9.17) is 9.47 Å². The van der Waals surface area contributed by atoms with Gasteiger partial charge < -0.3 is 14.8 Å². The summed E-state index contributed by atoms with van der Waals surface area (Å²) in [6.07, 6.45) is -1.94. The van der Waals surface area contributed by atoms with E-state index in [1.807, 2.05) is 0 Å². The third-order valence-electron chi connectivity index (χ3n) is 2.68. The van der Waals surface area contributed by atoms with Crippen LogP contribution in [0, 0.1) is 0 Å². The van der Waals surface area contributed by atoms with Crippen molar-refractivity contribution in [3.8, 4) is 11.5 Å². The molecule has 0 saturated carbocycles. The summed E-state index contributed by atoms with van der Waals surface area (Å²) < 4.78 is 36.5. The molecule has 0 aliphatic carbocycles. The van der Waals surface area contributed by atoms with E-state index in [1.54, 1.807) is 13.1 Å². The van der Waals surface area contributed by atoms with Gasteiger partial charge in [-0.3, -0.25) is 0 Å².